The molecule has 0 saturated heterocycles. The summed E-state index contributed by atoms with van der Waals surface area (Å²) in [4.78, 5) is 12.0. The lowest BCUT2D eigenvalue weighted by atomic mass is 10.1. The third kappa shape index (κ3) is 6.24. The summed E-state index contributed by atoms with van der Waals surface area (Å²) in [5.41, 5.74) is 1.09. The maximum absolute atomic E-state index is 13.6. The van der Waals surface area contributed by atoms with E-state index in [0.29, 0.717) is 13.0 Å². The molecule has 0 unspecified atom stereocenters. The monoisotopic (exact) mass is 378 g/mol. The molecule has 7 heteroatoms. The molecule has 2 rings (SSSR count). The third-order valence-electron chi connectivity index (χ3n) is 3.95. The number of sulfonamides is 1. The van der Waals surface area contributed by atoms with Crippen LogP contribution in [0.3, 0.4) is 0 Å². The van der Waals surface area contributed by atoms with Crippen LogP contribution in [0, 0.1) is 5.82 Å². The van der Waals surface area contributed by atoms with Crippen LogP contribution < -0.4 is 5.32 Å². The van der Waals surface area contributed by atoms with Gasteiger partial charge in [0.15, 0.2) is 0 Å². The lowest BCUT2D eigenvalue weighted by molar-refractivity contribution is 0.0947. The van der Waals surface area contributed by atoms with Gasteiger partial charge >= 0.3 is 0 Å². The van der Waals surface area contributed by atoms with E-state index in [2.05, 4.69) is 5.32 Å². The normalized spacial score (nSPS) is 11.5. The van der Waals surface area contributed by atoms with Gasteiger partial charge in [-0.15, -0.1) is 0 Å². The largest absolute Gasteiger partial charge is 0.351 e. The van der Waals surface area contributed by atoms with Crippen LogP contribution in [0.5, 0.6) is 0 Å². The minimum absolute atomic E-state index is 0.0533. The fourth-order valence-corrected chi connectivity index (χ4v) is 3.47. The number of benzene rings is 2. The smallest absolute Gasteiger partial charge is 0.254 e. The molecule has 0 aromatic heterocycles. The van der Waals surface area contributed by atoms with Crippen LogP contribution in [-0.2, 0) is 16.4 Å². The number of halogens is 1. The summed E-state index contributed by atoms with van der Waals surface area (Å²) in [6, 6.07) is 15.5. The summed E-state index contributed by atoms with van der Waals surface area (Å²) in [7, 11) is -3.38. The van der Waals surface area contributed by atoms with Gasteiger partial charge in [-0.05, 0) is 30.5 Å². The maximum Gasteiger partial charge on any atom is 0.254 e. The molecule has 0 bridgehead atoms. The zero-order chi connectivity index (χ0) is 19.0. The van der Waals surface area contributed by atoms with Crippen molar-refractivity contribution >= 4 is 15.9 Å². The van der Waals surface area contributed by atoms with Gasteiger partial charge in [-0.1, -0.05) is 42.5 Å². The molecule has 0 saturated carbocycles. The van der Waals surface area contributed by atoms with Gasteiger partial charge in [-0.25, -0.2) is 17.1 Å². The Morgan fingerprint density at radius 2 is 1.69 bits per heavy atom. The molecule has 0 atom stereocenters. The van der Waals surface area contributed by atoms with Crippen molar-refractivity contribution in [1.29, 1.82) is 0 Å². The average Bonchev–Trinajstić information content (AvgIpc) is 2.60. The van der Waals surface area contributed by atoms with E-state index in [0.717, 1.165) is 18.2 Å². The van der Waals surface area contributed by atoms with E-state index in [1.807, 2.05) is 30.3 Å². The van der Waals surface area contributed by atoms with Crippen molar-refractivity contribution in [3.8, 4) is 0 Å². The summed E-state index contributed by atoms with van der Waals surface area (Å²) < 4.78 is 38.8. The molecule has 1 N–H and O–H groups in total. The van der Waals surface area contributed by atoms with Crippen molar-refractivity contribution in [3.63, 3.8) is 0 Å². The highest BCUT2D eigenvalue weighted by Gasteiger charge is 2.17. The van der Waals surface area contributed by atoms with E-state index in [1.54, 1.807) is 6.07 Å². The van der Waals surface area contributed by atoms with Gasteiger partial charge in [0, 0.05) is 19.6 Å². The molecule has 1 amide bonds. The van der Waals surface area contributed by atoms with Crippen molar-refractivity contribution in [2.45, 2.75) is 12.8 Å². The van der Waals surface area contributed by atoms with Gasteiger partial charge in [0.25, 0.3) is 5.91 Å². The van der Waals surface area contributed by atoms with E-state index in [9.17, 15) is 17.6 Å². The van der Waals surface area contributed by atoms with Crippen LogP contribution in [0.2, 0.25) is 0 Å². The van der Waals surface area contributed by atoms with Crippen molar-refractivity contribution in [2.24, 2.45) is 0 Å². The number of hydrogen-bond acceptors (Lipinski definition) is 3. The lowest BCUT2D eigenvalue weighted by Gasteiger charge is -2.20. The molecule has 0 radical (unpaired) electrons. The second kappa shape index (κ2) is 9.45. The molecule has 0 fully saturated rings. The molecular weight excluding hydrogens is 355 g/mol. The SMILES string of the molecule is CS(=O)(=O)N(CCCc1ccccc1)CCNC(=O)c1ccccc1F. The van der Waals surface area contributed by atoms with Gasteiger partial charge in [0.2, 0.25) is 10.0 Å². The van der Waals surface area contributed by atoms with Gasteiger partial charge in [-0.3, -0.25) is 4.79 Å². The number of hydrogen-bond donors (Lipinski definition) is 1. The summed E-state index contributed by atoms with van der Waals surface area (Å²) in [6.45, 7) is 0.628. The Labute approximate surface area is 153 Å². The van der Waals surface area contributed by atoms with Gasteiger partial charge in [0.1, 0.15) is 5.82 Å². The number of carbonyl (C=O) groups is 1. The van der Waals surface area contributed by atoms with Crippen molar-refractivity contribution in [3.05, 3.63) is 71.5 Å². The fourth-order valence-electron chi connectivity index (χ4n) is 2.58. The first kappa shape index (κ1) is 20.1. The quantitative estimate of drug-likeness (QED) is 0.729. The zero-order valence-corrected chi connectivity index (χ0v) is 15.5. The summed E-state index contributed by atoms with van der Waals surface area (Å²) in [5, 5.41) is 2.57. The van der Waals surface area contributed by atoms with Crippen molar-refractivity contribution in [1.82, 2.24) is 9.62 Å². The molecule has 0 heterocycles. The molecule has 140 valence electrons. The Kier molecular flexibility index (Phi) is 7.29. The van der Waals surface area contributed by atoms with Gasteiger partial charge < -0.3 is 5.32 Å². The first-order valence-corrected chi connectivity index (χ1v) is 10.2. The highest BCUT2D eigenvalue weighted by atomic mass is 32.2. The molecular formula is C19H23FN2O3S. The molecule has 0 spiro atoms. The number of nitrogens with one attached hydrogen (secondary N) is 1. The second-order valence-corrected chi connectivity index (χ2v) is 7.97. The second-order valence-electron chi connectivity index (χ2n) is 5.99. The van der Waals surface area contributed by atoms with Crippen LogP contribution in [0.4, 0.5) is 4.39 Å². The highest BCUT2D eigenvalue weighted by Crippen LogP contribution is 2.07. The standard InChI is InChI=1S/C19H23FN2O3S/c1-26(24,25)22(14-7-10-16-8-3-2-4-9-16)15-13-21-19(23)17-11-5-6-12-18(17)20/h2-6,8-9,11-12H,7,10,13-15H2,1H3,(H,21,23). The first-order valence-electron chi connectivity index (χ1n) is 8.39. The van der Waals surface area contributed by atoms with Crippen molar-refractivity contribution < 1.29 is 17.6 Å². The molecule has 2 aromatic rings. The summed E-state index contributed by atoms with van der Waals surface area (Å²) in [5.74, 6) is -1.16. The topological polar surface area (TPSA) is 66.5 Å². The molecule has 0 aliphatic rings. The van der Waals surface area contributed by atoms with Crippen LogP contribution in [-0.4, -0.2) is 44.5 Å². The maximum atomic E-state index is 13.6. The number of aryl methyl sites for hydroxylation is 1. The first-order chi connectivity index (χ1) is 12.4. The Morgan fingerprint density at radius 1 is 1.04 bits per heavy atom. The minimum Gasteiger partial charge on any atom is -0.351 e. The van der Waals surface area contributed by atoms with Crippen LogP contribution in [0.1, 0.15) is 22.3 Å². The van der Waals surface area contributed by atoms with Crippen LogP contribution in [0.15, 0.2) is 54.6 Å². The van der Waals surface area contributed by atoms with Crippen LogP contribution >= 0.6 is 0 Å². The Morgan fingerprint density at radius 3 is 2.35 bits per heavy atom. The summed E-state index contributed by atoms with van der Waals surface area (Å²) in [6.07, 6.45) is 2.60. The molecule has 0 aliphatic heterocycles. The summed E-state index contributed by atoms with van der Waals surface area (Å²) >= 11 is 0. The van der Waals surface area contributed by atoms with E-state index in [1.165, 1.54) is 22.5 Å². The zero-order valence-electron chi connectivity index (χ0n) is 14.7. The highest BCUT2D eigenvalue weighted by molar-refractivity contribution is 7.88. The predicted octanol–water partition coefficient (Wildman–Crippen LogP) is 2.45. The predicted molar refractivity (Wildman–Crippen MR) is 99.9 cm³/mol. The minimum atomic E-state index is -3.38. The average molecular weight is 378 g/mol. The van der Waals surface area contributed by atoms with Gasteiger partial charge in [-0.2, -0.15) is 0 Å². The molecule has 5 nitrogen and oxygen atoms in total. The lowest BCUT2D eigenvalue weighted by Crippen LogP contribution is -2.38. The van der Waals surface area contributed by atoms with Gasteiger partial charge in [0.05, 0.1) is 11.8 Å². The number of rotatable bonds is 9. The molecule has 2 aromatic carbocycles. The Balaban J connectivity index is 1.84. The molecule has 26 heavy (non-hydrogen) atoms. The van der Waals surface area contributed by atoms with E-state index < -0.39 is 21.7 Å². The fraction of sp³-hybridized carbons (Fsp3) is 0.316. The van der Waals surface area contributed by atoms with Crippen molar-refractivity contribution in [2.75, 3.05) is 25.9 Å². The van der Waals surface area contributed by atoms with E-state index >= 15 is 0 Å². The van der Waals surface area contributed by atoms with E-state index in [4.69, 9.17) is 0 Å². The number of carbonyl (C=O) groups excluding carboxylic acids is 1. The Hall–Kier alpha value is -2.25. The number of nitrogens with zero attached hydrogens (tertiary/aromatic N) is 1. The molecule has 0 aliphatic carbocycles. The Bertz CT molecular complexity index is 826. The van der Waals surface area contributed by atoms with Crippen LogP contribution in [0.25, 0.3) is 0 Å². The number of amides is 1. The third-order valence-corrected chi connectivity index (χ3v) is 5.25. The van der Waals surface area contributed by atoms with E-state index in [-0.39, 0.29) is 18.7 Å².